The van der Waals surface area contributed by atoms with Crippen molar-refractivity contribution >= 4 is 5.97 Å². The number of benzene rings is 1. The van der Waals surface area contributed by atoms with Gasteiger partial charge < -0.3 is 4.74 Å². The molecule has 0 spiro atoms. The fourth-order valence-electron chi connectivity index (χ4n) is 3.58. The quantitative estimate of drug-likeness (QED) is 0.466. The van der Waals surface area contributed by atoms with Gasteiger partial charge in [-0.3, -0.25) is 9.69 Å². The van der Waals surface area contributed by atoms with Gasteiger partial charge in [-0.15, -0.1) is 0 Å². The van der Waals surface area contributed by atoms with E-state index in [1.54, 1.807) is 0 Å². The van der Waals surface area contributed by atoms with E-state index < -0.39 is 24.3 Å². The molecule has 1 aromatic rings. The summed E-state index contributed by atoms with van der Waals surface area (Å²) in [5.41, 5.74) is -0.170. The molecule has 0 amide bonds. The highest BCUT2D eigenvalue weighted by atomic mass is 19.4. The number of carbonyl (C=O) groups is 1. The van der Waals surface area contributed by atoms with Gasteiger partial charge in [-0.25, -0.2) is 0 Å². The Balaban J connectivity index is 2.14. The van der Waals surface area contributed by atoms with E-state index in [1.165, 1.54) is 19.2 Å². The second kappa shape index (κ2) is 9.15. The summed E-state index contributed by atoms with van der Waals surface area (Å²) in [6.45, 7) is 0.668. The molecule has 0 N–H and O–H groups in total. The number of alkyl halides is 6. The number of esters is 1. The van der Waals surface area contributed by atoms with Crippen LogP contribution in [0.1, 0.15) is 49.3 Å². The van der Waals surface area contributed by atoms with Gasteiger partial charge in [0, 0.05) is 18.9 Å². The number of hydrogen-bond donors (Lipinski definition) is 0. The Kier molecular flexibility index (Phi) is 7.36. The van der Waals surface area contributed by atoms with E-state index in [0.717, 1.165) is 12.1 Å². The lowest BCUT2D eigenvalue weighted by molar-refractivity contribution is -0.143. The third kappa shape index (κ3) is 6.68. The van der Waals surface area contributed by atoms with Crippen LogP contribution in [0.25, 0.3) is 0 Å². The monoisotopic (exact) mass is 411 g/mol. The van der Waals surface area contributed by atoms with Crippen molar-refractivity contribution in [3.8, 4) is 0 Å². The highest BCUT2D eigenvalue weighted by Gasteiger charge is 2.34. The fraction of sp³-hybridized carbons (Fsp3) is 0.632. The van der Waals surface area contributed by atoms with Crippen LogP contribution in [0.5, 0.6) is 0 Å². The maximum atomic E-state index is 12.8. The first-order valence-corrected chi connectivity index (χ1v) is 9.04. The molecule has 9 heteroatoms. The first-order chi connectivity index (χ1) is 13.0. The number of rotatable bonds is 6. The predicted molar refractivity (Wildman–Crippen MR) is 90.4 cm³/mol. The molecule has 0 bridgehead atoms. The zero-order valence-electron chi connectivity index (χ0n) is 15.4. The second-order valence-corrected chi connectivity index (χ2v) is 7.06. The van der Waals surface area contributed by atoms with Crippen molar-refractivity contribution in [2.75, 3.05) is 20.2 Å². The minimum absolute atomic E-state index is 0.0291. The third-order valence-electron chi connectivity index (χ3n) is 5.03. The molecule has 1 aliphatic heterocycles. The average molecular weight is 411 g/mol. The van der Waals surface area contributed by atoms with E-state index in [4.69, 9.17) is 0 Å². The highest BCUT2D eigenvalue weighted by Crippen LogP contribution is 2.38. The molecule has 28 heavy (non-hydrogen) atoms. The van der Waals surface area contributed by atoms with E-state index in [0.29, 0.717) is 24.9 Å². The Morgan fingerprint density at radius 3 is 2.32 bits per heavy atom. The minimum Gasteiger partial charge on any atom is -0.469 e. The molecule has 1 fully saturated rings. The van der Waals surface area contributed by atoms with E-state index in [-0.39, 0.29) is 37.3 Å². The van der Waals surface area contributed by atoms with Gasteiger partial charge in [-0.1, -0.05) is 12.1 Å². The van der Waals surface area contributed by atoms with Crippen LogP contribution in [0.2, 0.25) is 0 Å². The molecule has 0 aliphatic carbocycles. The van der Waals surface area contributed by atoms with Crippen LogP contribution in [0.3, 0.4) is 0 Å². The number of ether oxygens (including phenoxy) is 1. The molecule has 158 valence electrons. The average Bonchev–Trinajstić information content (AvgIpc) is 2.61. The number of methoxy groups -OCH3 is 1. The molecule has 2 atom stereocenters. The van der Waals surface area contributed by atoms with Crippen molar-refractivity contribution in [1.82, 2.24) is 4.90 Å². The highest BCUT2D eigenvalue weighted by molar-refractivity contribution is 5.69. The minimum atomic E-state index is -4.45. The van der Waals surface area contributed by atoms with Crippen molar-refractivity contribution in [3.05, 3.63) is 35.4 Å². The molecule has 3 nitrogen and oxygen atoms in total. The number of piperidine rings is 1. The lowest BCUT2D eigenvalue weighted by Gasteiger charge is -2.40. The van der Waals surface area contributed by atoms with Crippen molar-refractivity contribution in [1.29, 1.82) is 0 Å². The molecule has 0 saturated carbocycles. The molecular formula is C19H23F6NO2. The summed E-state index contributed by atoms with van der Waals surface area (Å²) < 4.78 is 80.4. The van der Waals surface area contributed by atoms with Crippen LogP contribution in [-0.2, 0) is 15.7 Å². The largest absolute Gasteiger partial charge is 0.469 e. The molecule has 1 saturated heterocycles. The number of hydrogen-bond acceptors (Lipinski definition) is 3. The molecule has 0 radical (unpaired) electrons. The summed E-state index contributed by atoms with van der Waals surface area (Å²) in [7, 11) is 1.28. The van der Waals surface area contributed by atoms with E-state index in [1.807, 2.05) is 4.90 Å². The van der Waals surface area contributed by atoms with Crippen molar-refractivity contribution < 1.29 is 35.9 Å². The van der Waals surface area contributed by atoms with E-state index in [9.17, 15) is 31.1 Å². The zero-order valence-corrected chi connectivity index (χ0v) is 15.4. The Morgan fingerprint density at radius 2 is 1.79 bits per heavy atom. The van der Waals surface area contributed by atoms with Crippen LogP contribution < -0.4 is 0 Å². The Bertz CT molecular complexity index is 641. The lowest BCUT2D eigenvalue weighted by Crippen LogP contribution is -2.38. The normalized spacial score (nSPS) is 21.5. The van der Waals surface area contributed by atoms with Crippen LogP contribution in [0, 0.1) is 5.92 Å². The summed E-state index contributed by atoms with van der Waals surface area (Å²) in [6.07, 6.45) is -8.40. The molecular weight excluding hydrogens is 388 g/mol. The van der Waals surface area contributed by atoms with Crippen LogP contribution >= 0.6 is 0 Å². The van der Waals surface area contributed by atoms with Gasteiger partial charge in [0.2, 0.25) is 0 Å². The first kappa shape index (κ1) is 22.5. The van der Waals surface area contributed by atoms with Crippen molar-refractivity contribution in [2.45, 2.75) is 50.5 Å². The van der Waals surface area contributed by atoms with Gasteiger partial charge in [0.1, 0.15) is 0 Å². The first-order valence-electron chi connectivity index (χ1n) is 9.04. The van der Waals surface area contributed by atoms with Crippen LogP contribution in [-0.4, -0.2) is 37.2 Å². The SMILES string of the molecule is COC(=O)C[C@@H]1CCN(CCCC(F)(F)F)[C@H](c2ccc(C(F)(F)F)cc2)C1. The van der Waals surface area contributed by atoms with Gasteiger partial charge in [0.25, 0.3) is 0 Å². The predicted octanol–water partition coefficient (Wildman–Crippen LogP) is 5.36. The van der Waals surface area contributed by atoms with Gasteiger partial charge in [-0.2, -0.15) is 26.3 Å². The van der Waals surface area contributed by atoms with E-state index in [2.05, 4.69) is 4.74 Å². The zero-order chi connectivity index (χ0) is 20.9. The van der Waals surface area contributed by atoms with Gasteiger partial charge >= 0.3 is 18.3 Å². The second-order valence-electron chi connectivity index (χ2n) is 7.06. The summed E-state index contributed by atoms with van der Waals surface area (Å²) in [4.78, 5) is 13.4. The molecule has 1 aromatic carbocycles. The van der Waals surface area contributed by atoms with Gasteiger partial charge in [-0.05, 0) is 56.0 Å². The summed E-state index contributed by atoms with van der Waals surface area (Å²) in [5, 5.41) is 0. The smallest absolute Gasteiger partial charge is 0.416 e. The Hall–Kier alpha value is -1.77. The molecule has 1 aliphatic rings. The van der Waals surface area contributed by atoms with Crippen LogP contribution in [0.4, 0.5) is 26.3 Å². The summed E-state index contributed by atoms with van der Waals surface area (Å²) in [5.74, 6) is -0.403. The van der Waals surface area contributed by atoms with E-state index >= 15 is 0 Å². The number of carbonyl (C=O) groups excluding carboxylic acids is 1. The van der Waals surface area contributed by atoms with Crippen molar-refractivity contribution in [2.24, 2.45) is 5.92 Å². The molecule has 2 rings (SSSR count). The third-order valence-corrected chi connectivity index (χ3v) is 5.03. The standard InChI is InChI=1S/C19H23F6NO2/c1-28-17(27)12-13-7-10-26(9-2-8-18(20,21)22)16(11-13)14-3-5-15(6-4-14)19(23,24)25/h3-6,13,16H,2,7-12H2,1H3/t13-,16+/m1/s1. The Morgan fingerprint density at radius 1 is 1.14 bits per heavy atom. The lowest BCUT2D eigenvalue weighted by atomic mass is 9.85. The summed E-state index contributed by atoms with van der Waals surface area (Å²) >= 11 is 0. The molecule has 1 heterocycles. The number of likely N-dealkylation sites (tertiary alicyclic amines) is 1. The molecule has 0 unspecified atom stereocenters. The topological polar surface area (TPSA) is 29.5 Å². The number of halogens is 6. The molecule has 0 aromatic heterocycles. The van der Waals surface area contributed by atoms with Gasteiger partial charge in [0.15, 0.2) is 0 Å². The van der Waals surface area contributed by atoms with Crippen LogP contribution in [0.15, 0.2) is 24.3 Å². The fourth-order valence-corrected chi connectivity index (χ4v) is 3.58. The van der Waals surface area contributed by atoms with Gasteiger partial charge in [0.05, 0.1) is 12.7 Å². The maximum absolute atomic E-state index is 12.8. The number of nitrogens with zero attached hydrogens (tertiary/aromatic N) is 1. The van der Waals surface area contributed by atoms with Crippen molar-refractivity contribution in [3.63, 3.8) is 0 Å². The summed E-state index contributed by atoms with van der Waals surface area (Å²) in [6, 6.07) is 4.36. The maximum Gasteiger partial charge on any atom is 0.416 e. The Labute approximate surface area is 159 Å².